The Morgan fingerprint density at radius 2 is 1.85 bits per heavy atom. The Morgan fingerprint density at radius 3 is 2.31 bits per heavy atom. The lowest BCUT2D eigenvalue weighted by Crippen LogP contribution is -2.46. The summed E-state index contributed by atoms with van der Waals surface area (Å²) in [6, 6.07) is 1.83. The van der Waals surface area contributed by atoms with Crippen LogP contribution in [0.4, 0.5) is 0 Å². The molecule has 1 unspecified atom stereocenters. The van der Waals surface area contributed by atoms with E-state index in [4.69, 9.17) is 4.42 Å². The number of carbonyl (C=O) groups is 1. The van der Waals surface area contributed by atoms with E-state index >= 15 is 0 Å². The predicted molar refractivity (Wildman–Crippen MR) is 115 cm³/mol. The van der Waals surface area contributed by atoms with Crippen molar-refractivity contribution in [3.05, 3.63) is 23.2 Å². The minimum absolute atomic E-state index is 0. The van der Waals surface area contributed by atoms with Crippen LogP contribution in [0, 0.1) is 13.8 Å². The molecule has 1 heterocycles. The molecule has 8 heteroatoms. The van der Waals surface area contributed by atoms with Crippen LogP contribution in [0.5, 0.6) is 0 Å². The summed E-state index contributed by atoms with van der Waals surface area (Å²) in [5.41, 5.74) is -0.677. The first-order valence-corrected chi connectivity index (χ1v) is 8.57. The van der Waals surface area contributed by atoms with E-state index in [-0.39, 0.29) is 48.5 Å². The van der Waals surface area contributed by atoms with E-state index in [0.29, 0.717) is 18.3 Å². The van der Waals surface area contributed by atoms with Gasteiger partial charge in [-0.2, -0.15) is 0 Å². The van der Waals surface area contributed by atoms with Crippen LogP contribution in [0.25, 0.3) is 0 Å². The number of carbonyl (C=O) groups excluding carboxylic acids is 1. The van der Waals surface area contributed by atoms with Gasteiger partial charge in [0.15, 0.2) is 5.96 Å². The summed E-state index contributed by atoms with van der Waals surface area (Å²) in [6.07, 6.45) is 0. The summed E-state index contributed by atoms with van der Waals surface area (Å²) in [5.74, 6) is 1.77. The van der Waals surface area contributed by atoms with E-state index in [1.165, 1.54) is 0 Å². The van der Waals surface area contributed by atoms with Gasteiger partial charge in [0.25, 0.3) is 0 Å². The molecule has 0 spiro atoms. The summed E-state index contributed by atoms with van der Waals surface area (Å²) in [5, 5.41) is 19.8. The topological polar surface area (TPSA) is 98.9 Å². The van der Waals surface area contributed by atoms with Gasteiger partial charge < -0.3 is 25.5 Å². The number of guanidine groups is 1. The highest BCUT2D eigenvalue weighted by Gasteiger charge is 2.28. The molecule has 1 rings (SSSR count). The maximum atomic E-state index is 11.9. The Balaban J connectivity index is 0.00000625. The summed E-state index contributed by atoms with van der Waals surface area (Å²) in [7, 11) is 0. The van der Waals surface area contributed by atoms with Crippen molar-refractivity contribution in [3.8, 4) is 0 Å². The van der Waals surface area contributed by atoms with Gasteiger partial charge in [0, 0.05) is 17.6 Å². The van der Waals surface area contributed by atoms with Gasteiger partial charge in [0.2, 0.25) is 5.91 Å². The first kappa shape index (κ1) is 24.7. The smallest absolute Gasteiger partial charge is 0.242 e. The molecular formula is C18H33IN4O3. The van der Waals surface area contributed by atoms with Crippen LogP contribution >= 0.6 is 24.0 Å². The second-order valence-electron chi connectivity index (χ2n) is 7.45. The number of aryl methyl sites for hydroxylation is 2. The molecule has 1 amide bonds. The number of nitrogens with one attached hydrogen (secondary N) is 3. The Labute approximate surface area is 173 Å². The summed E-state index contributed by atoms with van der Waals surface area (Å²) < 4.78 is 5.49. The summed E-state index contributed by atoms with van der Waals surface area (Å²) >= 11 is 0. The first-order valence-electron chi connectivity index (χ1n) is 8.57. The van der Waals surface area contributed by atoms with Crippen molar-refractivity contribution < 1.29 is 14.3 Å². The number of aliphatic hydroxyl groups is 1. The zero-order chi connectivity index (χ0) is 19.3. The average molecular weight is 480 g/mol. The Kier molecular flexibility index (Phi) is 9.65. The van der Waals surface area contributed by atoms with Crippen LogP contribution in [0.2, 0.25) is 0 Å². The number of rotatable bonds is 6. The van der Waals surface area contributed by atoms with E-state index in [1.807, 2.05) is 47.6 Å². The molecule has 0 aliphatic carbocycles. The van der Waals surface area contributed by atoms with Crippen LogP contribution in [-0.4, -0.2) is 42.1 Å². The van der Waals surface area contributed by atoms with Gasteiger partial charge in [-0.1, -0.05) is 0 Å². The summed E-state index contributed by atoms with van der Waals surface area (Å²) in [6.45, 7) is 14.0. The monoisotopic (exact) mass is 480 g/mol. The van der Waals surface area contributed by atoms with E-state index in [1.54, 1.807) is 6.92 Å². The maximum Gasteiger partial charge on any atom is 0.242 e. The Hall–Kier alpha value is -1.29. The molecule has 1 aromatic heterocycles. The minimum Gasteiger partial charge on any atom is -0.466 e. The van der Waals surface area contributed by atoms with Crippen molar-refractivity contribution in [2.45, 2.75) is 59.6 Å². The van der Waals surface area contributed by atoms with Gasteiger partial charge in [-0.3, -0.25) is 4.79 Å². The number of hydrogen-bond donors (Lipinski definition) is 4. The molecule has 0 bridgehead atoms. The molecule has 1 aromatic rings. The number of furan rings is 1. The number of amides is 1. The van der Waals surface area contributed by atoms with Gasteiger partial charge in [-0.15, -0.1) is 24.0 Å². The lowest BCUT2D eigenvalue weighted by Gasteiger charge is -2.24. The first-order chi connectivity index (χ1) is 11.4. The molecule has 1 atom stereocenters. The normalized spacial score (nSPS) is 14.2. The summed E-state index contributed by atoms with van der Waals surface area (Å²) in [4.78, 5) is 16.2. The minimum atomic E-state index is -1.12. The largest absolute Gasteiger partial charge is 0.466 e. The third-order valence-electron chi connectivity index (χ3n) is 3.46. The van der Waals surface area contributed by atoms with Crippen LogP contribution in [-0.2, 0) is 10.4 Å². The number of nitrogens with zero attached hydrogens (tertiary/aromatic N) is 1. The second-order valence-corrected chi connectivity index (χ2v) is 7.45. The highest BCUT2D eigenvalue weighted by molar-refractivity contribution is 14.0. The van der Waals surface area contributed by atoms with E-state index in [2.05, 4.69) is 20.9 Å². The fourth-order valence-corrected chi connectivity index (χ4v) is 2.47. The third kappa shape index (κ3) is 8.39. The predicted octanol–water partition coefficient (Wildman–Crippen LogP) is 2.19. The highest BCUT2D eigenvalue weighted by Crippen LogP contribution is 2.26. The van der Waals surface area contributed by atoms with Crippen molar-refractivity contribution in [2.24, 2.45) is 4.99 Å². The molecule has 26 heavy (non-hydrogen) atoms. The number of aliphatic imine (C=N–C) groups is 1. The standard InChI is InChI=1S/C18H32N4O3.HI/c1-8-19-16(20-10-15(23)22-17(4,5)6)21-11-18(7,24)14-9-12(2)25-13(14)3;/h9,24H,8,10-11H2,1-7H3,(H,22,23)(H2,19,20,21);1H. The lowest BCUT2D eigenvalue weighted by molar-refractivity contribution is -0.121. The van der Waals surface area contributed by atoms with Gasteiger partial charge >= 0.3 is 0 Å². The zero-order valence-corrected chi connectivity index (χ0v) is 19.1. The molecule has 7 nitrogen and oxygen atoms in total. The van der Waals surface area contributed by atoms with Crippen LogP contribution in [0.15, 0.2) is 15.5 Å². The van der Waals surface area contributed by atoms with Crippen molar-refractivity contribution in [3.63, 3.8) is 0 Å². The van der Waals surface area contributed by atoms with Gasteiger partial charge in [-0.25, -0.2) is 4.99 Å². The van der Waals surface area contributed by atoms with E-state index in [9.17, 15) is 9.90 Å². The van der Waals surface area contributed by atoms with Crippen LogP contribution in [0.3, 0.4) is 0 Å². The van der Waals surface area contributed by atoms with Crippen molar-refractivity contribution in [2.75, 3.05) is 19.6 Å². The molecule has 0 radical (unpaired) electrons. The van der Waals surface area contributed by atoms with Crippen molar-refractivity contribution in [1.82, 2.24) is 16.0 Å². The van der Waals surface area contributed by atoms with Crippen molar-refractivity contribution in [1.29, 1.82) is 0 Å². The Morgan fingerprint density at radius 1 is 1.23 bits per heavy atom. The van der Waals surface area contributed by atoms with E-state index < -0.39 is 5.60 Å². The van der Waals surface area contributed by atoms with E-state index in [0.717, 1.165) is 11.3 Å². The third-order valence-corrected chi connectivity index (χ3v) is 3.46. The van der Waals surface area contributed by atoms with Gasteiger partial charge in [0.05, 0.1) is 6.54 Å². The molecule has 0 saturated carbocycles. The van der Waals surface area contributed by atoms with Crippen LogP contribution < -0.4 is 16.0 Å². The zero-order valence-electron chi connectivity index (χ0n) is 16.8. The highest BCUT2D eigenvalue weighted by atomic mass is 127. The van der Waals surface area contributed by atoms with Crippen molar-refractivity contribution >= 4 is 35.8 Å². The SMILES string of the molecule is CCNC(=NCC(=O)NC(C)(C)C)NCC(C)(O)c1cc(C)oc1C.I. The quantitative estimate of drug-likeness (QED) is 0.284. The lowest BCUT2D eigenvalue weighted by atomic mass is 9.96. The van der Waals surface area contributed by atoms with Crippen LogP contribution in [0.1, 0.15) is 51.7 Å². The maximum absolute atomic E-state index is 11.9. The molecule has 0 fully saturated rings. The molecule has 0 aromatic carbocycles. The van der Waals surface area contributed by atoms with Gasteiger partial charge in [-0.05, 0) is 54.5 Å². The molecule has 0 aliphatic heterocycles. The second kappa shape index (κ2) is 10.1. The van der Waals surface area contributed by atoms with Gasteiger partial charge in [0.1, 0.15) is 23.7 Å². The number of halogens is 1. The fraction of sp³-hybridized carbons (Fsp3) is 0.667. The molecule has 4 N–H and O–H groups in total. The Bertz CT molecular complexity index is 618. The fourth-order valence-electron chi connectivity index (χ4n) is 2.47. The molecule has 150 valence electrons. The number of hydrogen-bond acceptors (Lipinski definition) is 4. The molecule has 0 saturated heterocycles. The molecule has 0 aliphatic rings. The molecular weight excluding hydrogens is 447 g/mol. The average Bonchev–Trinajstić information content (AvgIpc) is 2.80.